The predicted octanol–water partition coefficient (Wildman–Crippen LogP) is 3.20. The van der Waals surface area contributed by atoms with E-state index in [2.05, 4.69) is 15.5 Å². The molecule has 0 spiro atoms. The molecule has 2 aromatic carbocycles. The first-order valence-electron chi connectivity index (χ1n) is 12.0. The zero-order valence-electron chi connectivity index (χ0n) is 20.9. The van der Waals surface area contributed by atoms with E-state index in [1.807, 2.05) is 53.1 Å². The van der Waals surface area contributed by atoms with Gasteiger partial charge in [0.25, 0.3) is 0 Å². The molecule has 10 nitrogen and oxygen atoms in total. The minimum Gasteiger partial charge on any atom is -0.444 e. The van der Waals surface area contributed by atoms with Gasteiger partial charge in [-0.15, -0.1) is 10.2 Å². The zero-order chi connectivity index (χ0) is 26.4. The average molecular weight is 527 g/mol. The van der Waals surface area contributed by atoms with Crippen molar-refractivity contribution in [3.63, 3.8) is 0 Å². The van der Waals surface area contributed by atoms with E-state index in [-0.39, 0.29) is 25.7 Å². The first-order chi connectivity index (χ1) is 17.7. The van der Waals surface area contributed by atoms with Crippen molar-refractivity contribution in [2.75, 3.05) is 13.2 Å². The van der Waals surface area contributed by atoms with Crippen LogP contribution in [-0.2, 0) is 40.6 Å². The molecule has 0 aliphatic carbocycles. The van der Waals surface area contributed by atoms with Crippen molar-refractivity contribution in [2.45, 2.75) is 51.7 Å². The van der Waals surface area contributed by atoms with Crippen molar-refractivity contribution in [3.8, 4) is 0 Å². The number of nitrogens with one attached hydrogen (secondary N) is 1. The van der Waals surface area contributed by atoms with Crippen molar-refractivity contribution < 1.29 is 19.1 Å². The largest absolute Gasteiger partial charge is 0.444 e. The molecule has 1 aromatic heterocycles. The molecule has 1 aliphatic heterocycles. The van der Waals surface area contributed by atoms with Gasteiger partial charge in [-0.05, 0) is 25.5 Å². The molecule has 2 amide bonds. The van der Waals surface area contributed by atoms with Crippen LogP contribution in [0.25, 0.3) is 0 Å². The van der Waals surface area contributed by atoms with Crippen molar-refractivity contribution in [1.29, 1.82) is 0 Å². The number of halogens is 1. The summed E-state index contributed by atoms with van der Waals surface area (Å²) in [4.78, 5) is 26.9. The van der Waals surface area contributed by atoms with E-state index in [0.29, 0.717) is 36.4 Å². The molecule has 0 radical (unpaired) electrons. The molecule has 1 aliphatic rings. The summed E-state index contributed by atoms with van der Waals surface area (Å²) in [6.07, 6.45) is -0.461. The van der Waals surface area contributed by atoms with Crippen LogP contribution >= 0.6 is 11.6 Å². The van der Waals surface area contributed by atoms with Gasteiger partial charge in [0.05, 0.1) is 25.3 Å². The smallest absolute Gasteiger partial charge is 0.410 e. The van der Waals surface area contributed by atoms with E-state index < -0.39 is 17.7 Å². The second kappa shape index (κ2) is 11.7. The number of nitrogens with zero attached hydrogens (tertiary/aromatic N) is 4. The fraction of sp³-hybridized carbons (Fsp3) is 0.385. The first kappa shape index (κ1) is 26.6. The SMILES string of the molecule is CC(C)(N)C(=O)N[C@H](COCc1ccccc1)c1nnc2n1CCN(C(=O)OCc1ccccc1Cl)C2. The second-order valence-corrected chi connectivity index (χ2v) is 9.85. The Balaban J connectivity index is 1.43. The van der Waals surface area contributed by atoms with E-state index in [1.54, 1.807) is 24.8 Å². The number of rotatable bonds is 9. The molecule has 0 bridgehead atoms. The van der Waals surface area contributed by atoms with Crippen LogP contribution < -0.4 is 11.1 Å². The van der Waals surface area contributed by atoms with Crippen LogP contribution in [0.15, 0.2) is 54.6 Å². The van der Waals surface area contributed by atoms with E-state index in [9.17, 15) is 9.59 Å². The number of nitrogens with two attached hydrogens (primary N) is 1. The lowest BCUT2D eigenvalue weighted by Crippen LogP contribution is -2.51. The molecular formula is C26H31ClN6O4. The van der Waals surface area contributed by atoms with Crippen LogP contribution in [-0.4, -0.2) is 50.4 Å². The van der Waals surface area contributed by atoms with Gasteiger partial charge in [-0.1, -0.05) is 60.1 Å². The van der Waals surface area contributed by atoms with Gasteiger partial charge in [-0.3, -0.25) is 9.69 Å². The highest BCUT2D eigenvalue weighted by Gasteiger charge is 2.31. The summed E-state index contributed by atoms with van der Waals surface area (Å²) >= 11 is 6.15. The maximum atomic E-state index is 12.7. The minimum absolute atomic E-state index is 0.0781. The highest BCUT2D eigenvalue weighted by molar-refractivity contribution is 6.31. The summed E-state index contributed by atoms with van der Waals surface area (Å²) in [5.41, 5.74) is 6.68. The van der Waals surface area contributed by atoms with Crippen LogP contribution in [0.1, 0.15) is 42.7 Å². The molecule has 196 valence electrons. The van der Waals surface area contributed by atoms with Gasteiger partial charge in [0.15, 0.2) is 11.6 Å². The molecule has 11 heteroatoms. The Bertz CT molecular complexity index is 1230. The van der Waals surface area contributed by atoms with Crippen LogP contribution in [0.2, 0.25) is 5.02 Å². The van der Waals surface area contributed by atoms with Crippen molar-refractivity contribution in [2.24, 2.45) is 5.73 Å². The van der Waals surface area contributed by atoms with Gasteiger partial charge in [0.1, 0.15) is 12.6 Å². The fourth-order valence-corrected chi connectivity index (χ4v) is 4.02. The monoisotopic (exact) mass is 526 g/mol. The van der Waals surface area contributed by atoms with Crippen LogP contribution in [0.5, 0.6) is 0 Å². The lowest BCUT2D eigenvalue weighted by molar-refractivity contribution is -0.126. The van der Waals surface area contributed by atoms with Crippen LogP contribution in [0.3, 0.4) is 0 Å². The summed E-state index contributed by atoms with van der Waals surface area (Å²) in [7, 11) is 0. The predicted molar refractivity (Wildman–Crippen MR) is 137 cm³/mol. The Morgan fingerprint density at radius 1 is 1.08 bits per heavy atom. The zero-order valence-corrected chi connectivity index (χ0v) is 21.6. The number of carbonyl (C=O) groups is 2. The number of amides is 2. The molecule has 0 saturated carbocycles. The molecule has 0 saturated heterocycles. The number of benzene rings is 2. The highest BCUT2D eigenvalue weighted by atomic mass is 35.5. The van der Waals surface area contributed by atoms with Crippen molar-refractivity contribution >= 4 is 23.6 Å². The topological polar surface area (TPSA) is 125 Å². The van der Waals surface area contributed by atoms with Gasteiger partial charge in [0, 0.05) is 23.7 Å². The van der Waals surface area contributed by atoms with Gasteiger partial charge in [-0.25, -0.2) is 4.79 Å². The maximum absolute atomic E-state index is 12.7. The minimum atomic E-state index is -1.08. The molecule has 2 heterocycles. The Labute approximate surface area is 220 Å². The summed E-state index contributed by atoms with van der Waals surface area (Å²) in [6, 6.07) is 16.4. The lowest BCUT2D eigenvalue weighted by Gasteiger charge is -2.29. The van der Waals surface area contributed by atoms with E-state index >= 15 is 0 Å². The lowest BCUT2D eigenvalue weighted by atomic mass is 10.1. The molecule has 0 fully saturated rings. The Kier molecular flexibility index (Phi) is 8.42. The molecule has 1 atom stereocenters. The molecule has 3 aromatic rings. The number of hydrogen-bond donors (Lipinski definition) is 2. The molecule has 4 rings (SSSR count). The van der Waals surface area contributed by atoms with Gasteiger partial charge >= 0.3 is 6.09 Å². The average Bonchev–Trinajstić information content (AvgIpc) is 3.30. The third kappa shape index (κ3) is 6.85. The number of hydrogen-bond acceptors (Lipinski definition) is 7. The normalized spacial score (nSPS) is 14.1. The van der Waals surface area contributed by atoms with Crippen LogP contribution in [0, 0.1) is 0 Å². The number of ether oxygens (including phenoxy) is 2. The van der Waals surface area contributed by atoms with Gasteiger partial charge in [-0.2, -0.15) is 0 Å². The first-order valence-corrected chi connectivity index (χ1v) is 12.4. The number of carbonyl (C=O) groups excluding carboxylic acids is 2. The Hall–Kier alpha value is -3.47. The maximum Gasteiger partial charge on any atom is 0.410 e. The van der Waals surface area contributed by atoms with Crippen molar-refractivity contribution in [3.05, 3.63) is 82.4 Å². The fourth-order valence-electron chi connectivity index (χ4n) is 3.83. The summed E-state index contributed by atoms with van der Waals surface area (Å²) in [5.74, 6) is 0.800. The van der Waals surface area contributed by atoms with E-state index in [0.717, 1.165) is 11.1 Å². The summed E-state index contributed by atoms with van der Waals surface area (Å²) in [6.45, 7) is 4.97. The quantitative estimate of drug-likeness (QED) is 0.438. The standard InChI is InChI=1S/C26H31ClN6O4/c1-26(2,28)24(34)29-21(17-36-15-18-8-4-3-5-9-18)23-31-30-22-14-32(12-13-33(22)23)25(35)37-16-19-10-6-7-11-20(19)27/h3-11,21H,12-17,28H2,1-2H3,(H,29,34)/t21-/m1/s1. The molecule has 3 N–H and O–H groups in total. The number of fused-ring (bicyclic) bond motifs is 1. The second-order valence-electron chi connectivity index (χ2n) is 9.44. The Morgan fingerprint density at radius 2 is 1.81 bits per heavy atom. The Morgan fingerprint density at radius 3 is 2.54 bits per heavy atom. The molecule has 37 heavy (non-hydrogen) atoms. The molecule has 0 unspecified atom stereocenters. The molecular weight excluding hydrogens is 496 g/mol. The van der Waals surface area contributed by atoms with Crippen molar-refractivity contribution in [1.82, 2.24) is 25.0 Å². The third-order valence-corrected chi connectivity index (χ3v) is 6.32. The summed E-state index contributed by atoms with van der Waals surface area (Å²) in [5, 5.41) is 12.1. The van der Waals surface area contributed by atoms with E-state index in [1.165, 1.54) is 0 Å². The van der Waals surface area contributed by atoms with E-state index in [4.69, 9.17) is 26.8 Å². The summed E-state index contributed by atoms with van der Waals surface area (Å²) < 4.78 is 13.3. The van der Waals surface area contributed by atoms with Crippen LogP contribution in [0.4, 0.5) is 4.79 Å². The van der Waals surface area contributed by atoms with Gasteiger partial charge < -0.3 is 25.1 Å². The highest BCUT2D eigenvalue weighted by Crippen LogP contribution is 2.21. The van der Waals surface area contributed by atoms with Gasteiger partial charge in [0.2, 0.25) is 5.91 Å². The third-order valence-electron chi connectivity index (χ3n) is 5.95. The number of aromatic nitrogens is 3.